The zero-order valence-corrected chi connectivity index (χ0v) is 13.3. The molecule has 5 nitrogen and oxygen atoms in total. The first-order valence-corrected chi connectivity index (χ1v) is 7.80. The number of ether oxygens (including phenoxy) is 2. The Morgan fingerprint density at radius 3 is 2.68 bits per heavy atom. The second-order valence-corrected chi connectivity index (χ2v) is 5.72. The molecule has 0 bridgehead atoms. The van der Waals surface area contributed by atoms with E-state index in [1.165, 1.54) is 0 Å². The van der Waals surface area contributed by atoms with Gasteiger partial charge in [-0.2, -0.15) is 0 Å². The van der Waals surface area contributed by atoms with Crippen molar-refractivity contribution in [3.8, 4) is 0 Å². The average molecular weight is 326 g/mol. The van der Waals surface area contributed by atoms with Crippen LogP contribution in [0.25, 0.3) is 0 Å². The number of carbonyl (C=O) groups is 2. The fourth-order valence-electron chi connectivity index (χ4n) is 2.26. The van der Waals surface area contributed by atoms with Crippen molar-refractivity contribution >= 4 is 23.7 Å². The van der Waals surface area contributed by atoms with Crippen LogP contribution in [-0.2, 0) is 20.9 Å². The summed E-state index contributed by atoms with van der Waals surface area (Å²) in [6.07, 6.45) is 1.02. The van der Waals surface area contributed by atoms with Crippen LogP contribution in [0.15, 0.2) is 24.3 Å². The molecule has 2 rings (SSSR count). The molecule has 1 amide bonds. The van der Waals surface area contributed by atoms with E-state index in [1.807, 2.05) is 19.1 Å². The van der Waals surface area contributed by atoms with Crippen LogP contribution in [0, 0.1) is 5.92 Å². The van der Waals surface area contributed by atoms with Crippen LogP contribution in [0.1, 0.15) is 25.3 Å². The van der Waals surface area contributed by atoms with Gasteiger partial charge in [-0.3, -0.25) is 4.79 Å². The molecule has 6 heteroatoms. The van der Waals surface area contributed by atoms with Crippen LogP contribution in [0.3, 0.4) is 0 Å². The lowest BCUT2D eigenvalue weighted by Crippen LogP contribution is -2.30. The number of rotatable bonds is 5. The first-order valence-electron chi connectivity index (χ1n) is 7.43. The molecule has 1 aromatic carbocycles. The van der Waals surface area contributed by atoms with Gasteiger partial charge >= 0.3 is 12.1 Å². The SMILES string of the molecule is CCCOC(=O)C1CCN(C(=O)OCc2ccc(Cl)cc2)C1. The van der Waals surface area contributed by atoms with Crippen LogP contribution < -0.4 is 0 Å². The fraction of sp³-hybridized carbons (Fsp3) is 0.500. The Balaban J connectivity index is 1.76. The molecule has 1 atom stereocenters. The molecule has 1 saturated heterocycles. The molecule has 120 valence electrons. The molecule has 22 heavy (non-hydrogen) atoms. The zero-order valence-electron chi connectivity index (χ0n) is 12.6. The van der Waals surface area contributed by atoms with Gasteiger partial charge in [0.2, 0.25) is 0 Å². The van der Waals surface area contributed by atoms with E-state index < -0.39 is 6.09 Å². The van der Waals surface area contributed by atoms with E-state index >= 15 is 0 Å². The lowest BCUT2D eigenvalue weighted by molar-refractivity contribution is -0.148. The monoisotopic (exact) mass is 325 g/mol. The number of carbonyl (C=O) groups excluding carboxylic acids is 2. The van der Waals surface area contributed by atoms with Gasteiger partial charge in [0.05, 0.1) is 12.5 Å². The standard InChI is InChI=1S/C16H20ClNO4/c1-2-9-21-15(19)13-7-8-18(10-13)16(20)22-11-12-3-5-14(17)6-4-12/h3-6,13H,2,7-11H2,1H3. The molecule has 1 heterocycles. The van der Waals surface area contributed by atoms with Gasteiger partial charge in [0.15, 0.2) is 0 Å². The molecule has 0 spiro atoms. The molecule has 1 aromatic rings. The fourth-order valence-corrected chi connectivity index (χ4v) is 2.38. The van der Waals surface area contributed by atoms with Crippen molar-refractivity contribution in [2.45, 2.75) is 26.4 Å². The van der Waals surface area contributed by atoms with Gasteiger partial charge in [-0.1, -0.05) is 30.7 Å². The maximum absolute atomic E-state index is 12.0. The second-order valence-electron chi connectivity index (χ2n) is 5.28. The zero-order chi connectivity index (χ0) is 15.9. The van der Waals surface area contributed by atoms with Gasteiger partial charge in [0.25, 0.3) is 0 Å². The molecule has 1 aliphatic heterocycles. The highest BCUT2D eigenvalue weighted by Gasteiger charge is 2.32. The van der Waals surface area contributed by atoms with Gasteiger partial charge in [-0.25, -0.2) is 4.79 Å². The third kappa shape index (κ3) is 4.63. The minimum Gasteiger partial charge on any atom is -0.465 e. The van der Waals surface area contributed by atoms with E-state index in [-0.39, 0.29) is 18.5 Å². The third-order valence-corrected chi connectivity index (χ3v) is 3.76. The molecule has 1 unspecified atom stereocenters. The highest BCUT2D eigenvalue weighted by atomic mass is 35.5. The van der Waals surface area contributed by atoms with Crippen LogP contribution >= 0.6 is 11.6 Å². The lowest BCUT2D eigenvalue weighted by Gasteiger charge is -2.16. The summed E-state index contributed by atoms with van der Waals surface area (Å²) in [6.45, 7) is 3.45. The van der Waals surface area contributed by atoms with Crippen LogP contribution in [0.4, 0.5) is 4.79 Å². The highest BCUT2D eigenvalue weighted by molar-refractivity contribution is 6.30. The molecule has 0 aromatic heterocycles. The van der Waals surface area contributed by atoms with Crippen LogP contribution in [0.5, 0.6) is 0 Å². The third-order valence-electron chi connectivity index (χ3n) is 3.50. The summed E-state index contributed by atoms with van der Waals surface area (Å²) in [5.74, 6) is -0.468. The summed E-state index contributed by atoms with van der Waals surface area (Å²) in [4.78, 5) is 25.3. The summed E-state index contributed by atoms with van der Waals surface area (Å²) in [7, 11) is 0. The molecule has 0 radical (unpaired) electrons. The van der Waals surface area contributed by atoms with Gasteiger partial charge in [-0.15, -0.1) is 0 Å². The minimum absolute atomic E-state index is 0.192. The van der Waals surface area contributed by atoms with Crippen molar-refractivity contribution in [3.63, 3.8) is 0 Å². The summed E-state index contributed by atoms with van der Waals surface area (Å²) in [5, 5.41) is 0.642. The Morgan fingerprint density at radius 1 is 1.27 bits per heavy atom. The van der Waals surface area contributed by atoms with Crippen molar-refractivity contribution < 1.29 is 19.1 Å². The first-order chi connectivity index (χ1) is 10.6. The molecule has 0 N–H and O–H groups in total. The normalized spacial score (nSPS) is 17.4. The summed E-state index contributed by atoms with van der Waals surface area (Å²) < 4.78 is 10.4. The number of hydrogen-bond acceptors (Lipinski definition) is 4. The maximum Gasteiger partial charge on any atom is 0.410 e. The summed E-state index contributed by atoms with van der Waals surface area (Å²) in [5.41, 5.74) is 0.871. The van der Waals surface area contributed by atoms with E-state index in [9.17, 15) is 9.59 Å². The number of likely N-dealkylation sites (tertiary alicyclic amines) is 1. The van der Waals surface area contributed by atoms with Crippen LogP contribution in [0.2, 0.25) is 5.02 Å². The average Bonchev–Trinajstić information content (AvgIpc) is 3.02. The van der Waals surface area contributed by atoms with Crippen molar-refractivity contribution in [2.75, 3.05) is 19.7 Å². The smallest absolute Gasteiger partial charge is 0.410 e. The Hall–Kier alpha value is -1.75. The molecular formula is C16H20ClNO4. The number of esters is 1. The number of nitrogens with zero attached hydrogens (tertiary/aromatic N) is 1. The predicted molar refractivity (Wildman–Crippen MR) is 82.6 cm³/mol. The van der Waals surface area contributed by atoms with E-state index in [4.69, 9.17) is 21.1 Å². The summed E-state index contributed by atoms with van der Waals surface area (Å²) >= 11 is 5.80. The first kappa shape index (κ1) is 16.6. The molecule has 1 fully saturated rings. The topological polar surface area (TPSA) is 55.8 Å². The number of amides is 1. The van der Waals surface area contributed by atoms with Crippen molar-refractivity contribution in [2.24, 2.45) is 5.92 Å². The Bertz CT molecular complexity index is 517. The van der Waals surface area contributed by atoms with E-state index in [1.54, 1.807) is 17.0 Å². The number of benzene rings is 1. The maximum atomic E-state index is 12.0. The van der Waals surface area contributed by atoms with Gasteiger partial charge in [0, 0.05) is 18.1 Å². The Labute approximate surface area is 135 Å². The van der Waals surface area contributed by atoms with Gasteiger partial charge in [0.1, 0.15) is 6.61 Å². The van der Waals surface area contributed by atoms with Crippen molar-refractivity contribution in [1.82, 2.24) is 4.90 Å². The van der Waals surface area contributed by atoms with Gasteiger partial charge < -0.3 is 14.4 Å². The molecule has 1 aliphatic rings. The quantitative estimate of drug-likeness (QED) is 0.780. The Morgan fingerprint density at radius 2 is 2.00 bits per heavy atom. The molecule has 0 saturated carbocycles. The Kier molecular flexibility index (Phi) is 6.07. The lowest BCUT2D eigenvalue weighted by atomic mass is 10.1. The van der Waals surface area contributed by atoms with E-state index in [0.717, 1.165) is 12.0 Å². The largest absolute Gasteiger partial charge is 0.465 e. The van der Waals surface area contributed by atoms with Gasteiger partial charge in [-0.05, 0) is 30.5 Å². The highest BCUT2D eigenvalue weighted by Crippen LogP contribution is 2.19. The van der Waals surface area contributed by atoms with Crippen LogP contribution in [-0.4, -0.2) is 36.7 Å². The second kappa shape index (κ2) is 8.03. The number of halogens is 1. The van der Waals surface area contributed by atoms with Crippen molar-refractivity contribution in [1.29, 1.82) is 0 Å². The molecule has 0 aliphatic carbocycles. The van der Waals surface area contributed by atoms with Crippen molar-refractivity contribution in [3.05, 3.63) is 34.9 Å². The summed E-state index contributed by atoms with van der Waals surface area (Å²) in [6, 6.07) is 7.12. The van der Waals surface area contributed by atoms with E-state index in [2.05, 4.69) is 0 Å². The molecular weight excluding hydrogens is 306 g/mol. The minimum atomic E-state index is -0.402. The number of hydrogen-bond donors (Lipinski definition) is 0. The predicted octanol–water partition coefficient (Wildman–Crippen LogP) is 3.25. The van der Waals surface area contributed by atoms with E-state index in [0.29, 0.717) is 31.1 Å².